The van der Waals surface area contributed by atoms with Crippen LogP contribution in [0.5, 0.6) is 5.75 Å². The van der Waals surface area contributed by atoms with E-state index in [4.69, 9.17) is 4.74 Å². The Morgan fingerprint density at radius 1 is 1.09 bits per heavy atom. The van der Waals surface area contributed by atoms with Crippen molar-refractivity contribution in [2.45, 2.75) is 6.92 Å². The summed E-state index contributed by atoms with van der Waals surface area (Å²) < 4.78 is 5.45. The quantitative estimate of drug-likeness (QED) is 0.890. The zero-order valence-corrected chi connectivity index (χ0v) is 12.6. The molecule has 5 nitrogen and oxygen atoms in total. The molecule has 0 saturated heterocycles. The minimum atomic E-state index is -0.280. The van der Waals surface area contributed by atoms with E-state index >= 15 is 0 Å². The summed E-state index contributed by atoms with van der Waals surface area (Å²) >= 11 is 0. The molecule has 0 heterocycles. The summed E-state index contributed by atoms with van der Waals surface area (Å²) in [6.07, 6.45) is 0. The minimum absolute atomic E-state index is 0.165. The highest BCUT2D eigenvalue weighted by Crippen LogP contribution is 2.17. The van der Waals surface area contributed by atoms with E-state index in [0.717, 1.165) is 5.56 Å². The van der Waals surface area contributed by atoms with Gasteiger partial charge in [0.15, 0.2) is 6.61 Å². The largest absolute Gasteiger partial charge is 0.483 e. The van der Waals surface area contributed by atoms with Gasteiger partial charge in [-0.05, 0) is 36.8 Å². The summed E-state index contributed by atoms with van der Waals surface area (Å²) in [6.45, 7) is 1.79. The standard InChI is InChI=1S/C17H18N2O3/c1-12-6-5-7-13(10-12)19-16(20)11-22-15-9-4-3-8-14(15)17(21)18-2/h3-10H,11H2,1-2H3,(H,18,21)(H,19,20). The van der Waals surface area contributed by atoms with Crippen LogP contribution in [-0.4, -0.2) is 25.5 Å². The van der Waals surface area contributed by atoms with Gasteiger partial charge in [-0.3, -0.25) is 9.59 Å². The van der Waals surface area contributed by atoms with Crippen LogP contribution in [0, 0.1) is 6.92 Å². The first-order valence-electron chi connectivity index (χ1n) is 6.90. The van der Waals surface area contributed by atoms with Crippen LogP contribution in [0.3, 0.4) is 0 Å². The van der Waals surface area contributed by atoms with Crippen molar-refractivity contribution in [1.82, 2.24) is 5.32 Å². The van der Waals surface area contributed by atoms with Crippen LogP contribution in [0.2, 0.25) is 0 Å². The van der Waals surface area contributed by atoms with E-state index in [1.54, 1.807) is 31.3 Å². The number of ether oxygens (including phenoxy) is 1. The molecule has 5 heteroatoms. The van der Waals surface area contributed by atoms with Gasteiger partial charge in [0.05, 0.1) is 5.56 Å². The van der Waals surface area contributed by atoms with Gasteiger partial charge >= 0.3 is 0 Å². The summed E-state index contributed by atoms with van der Waals surface area (Å²) in [5, 5.41) is 5.29. The maximum absolute atomic E-state index is 11.9. The molecule has 0 aromatic heterocycles. The number of hydrogen-bond acceptors (Lipinski definition) is 3. The van der Waals surface area contributed by atoms with E-state index < -0.39 is 0 Å². The molecule has 2 amide bonds. The molecule has 2 aromatic rings. The third-order valence-electron chi connectivity index (χ3n) is 3.02. The molecule has 0 spiro atoms. The van der Waals surface area contributed by atoms with E-state index in [1.165, 1.54) is 0 Å². The SMILES string of the molecule is CNC(=O)c1ccccc1OCC(=O)Nc1cccc(C)c1. The highest BCUT2D eigenvalue weighted by molar-refractivity contribution is 5.97. The Balaban J connectivity index is 1.98. The van der Waals surface area contributed by atoms with E-state index in [9.17, 15) is 9.59 Å². The Labute approximate surface area is 129 Å². The molecule has 2 rings (SSSR count). The van der Waals surface area contributed by atoms with E-state index in [1.807, 2.05) is 31.2 Å². The zero-order chi connectivity index (χ0) is 15.9. The van der Waals surface area contributed by atoms with Crippen molar-refractivity contribution in [3.05, 3.63) is 59.7 Å². The van der Waals surface area contributed by atoms with Gasteiger partial charge in [-0.1, -0.05) is 24.3 Å². The fourth-order valence-electron chi connectivity index (χ4n) is 1.98. The highest BCUT2D eigenvalue weighted by atomic mass is 16.5. The summed E-state index contributed by atoms with van der Waals surface area (Å²) in [5.74, 6) is -0.159. The molecule has 0 aliphatic rings. The van der Waals surface area contributed by atoms with Crippen LogP contribution in [0.1, 0.15) is 15.9 Å². The smallest absolute Gasteiger partial charge is 0.262 e. The van der Waals surface area contributed by atoms with Gasteiger partial charge < -0.3 is 15.4 Å². The lowest BCUT2D eigenvalue weighted by atomic mass is 10.2. The second-order valence-corrected chi connectivity index (χ2v) is 4.78. The summed E-state index contributed by atoms with van der Waals surface area (Å²) in [5.41, 5.74) is 2.17. The van der Waals surface area contributed by atoms with Crippen molar-refractivity contribution in [1.29, 1.82) is 0 Å². The molecule has 0 radical (unpaired) electrons. The first-order valence-corrected chi connectivity index (χ1v) is 6.90. The molecule has 22 heavy (non-hydrogen) atoms. The fraction of sp³-hybridized carbons (Fsp3) is 0.176. The molecule has 2 aromatic carbocycles. The molecule has 0 saturated carbocycles. The number of amides is 2. The number of aryl methyl sites for hydroxylation is 1. The maximum Gasteiger partial charge on any atom is 0.262 e. The van der Waals surface area contributed by atoms with Crippen molar-refractivity contribution in [2.24, 2.45) is 0 Å². The molecule has 0 fully saturated rings. The van der Waals surface area contributed by atoms with Crippen LogP contribution < -0.4 is 15.4 Å². The van der Waals surface area contributed by atoms with Crippen LogP contribution in [-0.2, 0) is 4.79 Å². The average molecular weight is 298 g/mol. The monoisotopic (exact) mass is 298 g/mol. The molecular formula is C17H18N2O3. The second-order valence-electron chi connectivity index (χ2n) is 4.78. The third kappa shape index (κ3) is 4.09. The lowest BCUT2D eigenvalue weighted by molar-refractivity contribution is -0.118. The van der Waals surface area contributed by atoms with Crippen LogP contribution in [0.4, 0.5) is 5.69 Å². The topological polar surface area (TPSA) is 67.4 Å². The molecule has 0 aliphatic carbocycles. The number of carbonyl (C=O) groups excluding carboxylic acids is 2. The van der Waals surface area contributed by atoms with Crippen molar-refractivity contribution in [2.75, 3.05) is 19.0 Å². The number of rotatable bonds is 5. The summed E-state index contributed by atoms with van der Waals surface area (Å²) in [7, 11) is 1.55. The van der Waals surface area contributed by atoms with Crippen molar-refractivity contribution in [3.63, 3.8) is 0 Å². The predicted octanol–water partition coefficient (Wildman–Crippen LogP) is 2.37. The van der Waals surface area contributed by atoms with Crippen molar-refractivity contribution < 1.29 is 14.3 Å². The number of benzene rings is 2. The lowest BCUT2D eigenvalue weighted by Gasteiger charge is -2.11. The Bertz CT molecular complexity index is 683. The lowest BCUT2D eigenvalue weighted by Crippen LogP contribution is -2.23. The summed E-state index contributed by atoms with van der Waals surface area (Å²) in [6, 6.07) is 14.3. The summed E-state index contributed by atoms with van der Waals surface area (Å²) in [4.78, 5) is 23.6. The first-order chi connectivity index (χ1) is 10.6. The van der Waals surface area contributed by atoms with E-state index in [2.05, 4.69) is 10.6 Å². The molecule has 0 aliphatic heterocycles. The number of nitrogens with one attached hydrogen (secondary N) is 2. The van der Waals surface area contributed by atoms with Gasteiger partial charge in [-0.15, -0.1) is 0 Å². The Hall–Kier alpha value is -2.82. The van der Waals surface area contributed by atoms with Gasteiger partial charge in [0, 0.05) is 12.7 Å². The Morgan fingerprint density at radius 3 is 2.59 bits per heavy atom. The minimum Gasteiger partial charge on any atom is -0.483 e. The fourth-order valence-corrected chi connectivity index (χ4v) is 1.98. The van der Waals surface area contributed by atoms with Crippen molar-refractivity contribution in [3.8, 4) is 5.75 Å². The highest BCUT2D eigenvalue weighted by Gasteiger charge is 2.11. The average Bonchev–Trinajstić information content (AvgIpc) is 2.52. The van der Waals surface area contributed by atoms with Crippen LogP contribution >= 0.6 is 0 Å². The third-order valence-corrected chi connectivity index (χ3v) is 3.02. The van der Waals surface area contributed by atoms with Gasteiger partial charge in [-0.25, -0.2) is 0 Å². The van der Waals surface area contributed by atoms with Gasteiger partial charge in [0.1, 0.15) is 5.75 Å². The molecular weight excluding hydrogens is 280 g/mol. The molecule has 2 N–H and O–H groups in total. The van der Waals surface area contributed by atoms with E-state index in [-0.39, 0.29) is 18.4 Å². The van der Waals surface area contributed by atoms with Gasteiger partial charge in [0.25, 0.3) is 11.8 Å². The van der Waals surface area contributed by atoms with Gasteiger partial charge in [0.2, 0.25) is 0 Å². The zero-order valence-electron chi connectivity index (χ0n) is 12.6. The first kappa shape index (κ1) is 15.6. The molecule has 0 bridgehead atoms. The molecule has 0 unspecified atom stereocenters. The van der Waals surface area contributed by atoms with Crippen LogP contribution in [0.25, 0.3) is 0 Å². The number of para-hydroxylation sites is 1. The maximum atomic E-state index is 11.9. The number of anilines is 1. The van der Waals surface area contributed by atoms with Crippen molar-refractivity contribution >= 4 is 17.5 Å². The predicted molar refractivity (Wildman–Crippen MR) is 85.1 cm³/mol. The van der Waals surface area contributed by atoms with Gasteiger partial charge in [-0.2, -0.15) is 0 Å². The van der Waals surface area contributed by atoms with Crippen LogP contribution in [0.15, 0.2) is 48.5 Å². The van der Waals surface area contributed by atoms with E-state index in [0.29, 0.717) is 17.0 Å². The Kier molecular flexibility index (Phi) is 5.14. The molecule has 114 valence electrons. The number of hydrogen-bond donors (Lipinski definition) is 2. The molecule has 0 atom stereocenters. The second kappa shape index (κ2) is 7.26. The number of carbonyl (C=O) groups is 2. The Morgan fingerprint density at radius 2 is 1.86 bits per heavy atom. The normalized spacial score (nSPS) is 9.91.